The van der Waals surface area contributed by atoms with Crippen LogP contribution in [-0.2, 0) is 4.74 Å². The second-order valence-electron chi connectivity index (χ2n) is 5.38. The Balaban J connectivity index is 1.94. The number of methoxy groups -OCH3 is 1. The van der Waals surface area contributed by atoms with Gasteiger partial charge >= 0.3 is 0 Å². The second-order valence-corrected chi connectivity index (χ2v) is 5.38. The molecule has 0 aliphatic heterocycles. The predicted molar refractivity (Wildman–Crippen MR) is 76.5 cm³/mol. The lowest BCUT2D eigenvalue weighted by molar-refractivity contribution is 0.0328. The van der Waals surface area contributed by atoms with Gasteiger partial charge in [0.1, 0.15) is 0 Å². The van der Waals surface area contributed by atoms with Crippen LogP contribution in [0, 0.1) is 0 Å². The molecule has 0 radical (unpaired) electrons. The first-order valence-electron chi connectivity index (χ1n) is 6.78. The molecule has 2 N–H and O–H groups in total. The van der Waals surface area contributed by atoms with E-state index in [1.54, 1.807) is 7.11 Å². The van der Waals surface area contributed by atoms with Crippen LogP contribution < -0.4 is 10.6 Å². The topological polar surface area (TPSA) is 50.4 Å². The van der Waals surface area contributed by atoms with E-state index in [2.05, 4.69) is 10.6 Å². The van der Waals surface area contributed by atoms with Gasteiger partial charge in [0.05, 0.1) is 6.10 Å². The Morgan fingerprint density at radius 3 is 2.74 bits per heavy atom. The molecule has 104 valence electrons. The van der Waals surface area contributed by atoms with E-state index in [0.29, 0.717) is 17.7 Å². The minimum Gasteiger partial charge on any atom is -0.382 e. The van der Waals surface area contributed by atoms with E-state index in [4.69, 9.17) is 4.74 Å². The smallest absolute Gasteiger partial charge is 0.251 e. The highest BCUT2D eigenvalue weighted by Crippen LogP contribution is 2.26. The van der Waals surface area contributed by atoms with Gasteiger partial charge < -0.3 is 15.4 Å². The summed E-state index contributed by atoms with van der Waals surface area (Å²) in [6.45, 7) is 3.92. The van der Waals surface area contributed by atoms with E-state index >= 15 is 0 Å². The normalized spacial score (nSPS) is 21.9. The largest absolute Gasteiger partial charge is 0.382 e. The van der Waals surface area contributed by atoms with Crippen molar-refractivity contribution in [1.29, 1.82) is 0 Å². The summed E-state index contributed by atoms with van der Waals surface area (Å²) in [4.78, 5) is 11.9. The molecule has 1 amide bonds. The highest BCUT2D eigenvalue weighted by molar-refractivity contribution is 5.95. The van der Waals surface area contributed by atoms with Crippen molar-refractivity contribution in [2.24, 2.45) is 0 Å². The molecule has 1 saturated carbocycles. The number of rotatable bonds is 5. The fourth-order valence-corrected chi connectivity index (χ4v) is 2.21. The Morgan fingerprint density at radius 1 is 1.37 bits per heavy atom. The summed E-state index contributed by atoms with van der Waals surface area (Å²) < 4.78 is 5.26. The number of ether oxygens (including phenoxy) is 1. The van der Waals surface area contributed by atoms with E-state index in [-0.39, 0.29) is 11.9 Å². The molecule has 1 aromatic rings. The zero-order valence-corrected chi connectivity index (χ0v) is 11.8. The van der Waals surface area contributed by atoms with Gasteiger partial charge in [-0.25, -0.2) is 0 Å². The van der Waals surface area contributed by atoms with Crippen LogP contribution in [0.2, 0.25) is 0 Å². The van der Waals surface area contributed by atoms with Crippen LogP contribution in [0.15, 0.2) is 24.3 Å². The summed E-state index contributed by atoms with van der Waals surface area (Å²) in [6, 6.07) is 8.24. The third-order valence-corrected chi connectivity index (χ3v) is 3.34. The maximum absolute atomic E-state index is 11.9. The fraction of sp³-hybridized carbons (Fsp3) is 0.533. The molecule has 1 fully saturated rings. The number of hydrogen-bond acceptors (Lipinski definition) is 3. The molecule has 0 bridgehead atoms. The van der Waals surface area contributed by atoms with Crippen molar-refractivity contribution in [3.05, 3.63) is 29.8 Å². The lowest BCUT2D eigenvalue weighted by atomic mass is 9.89. The van der Waals surface area contributed by atoms with Crippen LogP contribution in [0.1, 0.15) is 37.0 Å². The SMILES string of the molecule is COC1CC(Nc2cccc(C(=O)NC(C)C)c2)C1. The molecular weight excluding hydrogens is 240 g/mol. The van der Waals surface area contributed by atoms with E-state index in [0.717, 1.165) is 18.5 Å². The molecule has 4 heteroatoms. The molecule has 0 saturated heterocycles. The molecule has 4 nitrogen and oxygen atoms in total. The Morgan fingerprint density at radius 2 is 2.11 bits per heavy atom. The average Bonchev–Trinajstić information content (AvgIpc) is 2.32. The minimum absolute atomic E-state index is 0.0259. The van der Waals surface area contributed by atoms with Crippen LogP contribution in [0.25, 0.3) is 0 Å². The van der Waals surface area contributed by atoms with Gasteiger partial charge in [-0.1, -0.05) is 6.07 Å². The molecular formula is C15H22N2O2. The molecule has 0 heterocycles. The number of amides is 1. The highest BCUT2D eigenvalue weighted by Gasteiger charge is 2.28. The quantitative estimate of drug-likeness (QED) is 0.856. The summed E-state index contributed by atoms with van der Waals surface area (Å²) in [5.41, 5.74) is 1.69. The molecule has 0 atom stereocenters. The molecule has 1 aliphatic rings. The van der Waals surface area contributed by atoms with Gasteiger partial charge in [-0.15, -0.1) is 0 Å². The Kier molecular flexibility index (Phi) is 4.43. The van der Waals surface area contributed by atoms with Crippen molar-refractivity contribution in [2.75, 3.05) is 12.4 Å². The first kappa shape index (κ1) is 13.9. The molecule has 1 aliphatic carbocycles. The third-order valence-electron chi connectivity index (χ3n) is 3.34. The fourth-order valence-electron chi connectivity index (χ4n) is 2.21. The summed E-state index contributed by atoms with van der Waals surface area (Å²) in [5.74, 6) is -0.0259. The number of hydrogen-bond donors (Lipinski definition) is 2. The molecule has 2 rings (SSSR count). The predicted octanol–water partition coefficient (Wildman–Crippen LogP) is 2.41. The first-order valence-corrected chi connectivity index (χ1v) is 6.78. The van der Waals surface area contributed by atoms with E-state index in [1.165, 1.54) is 0 Å². The van der Waals surface area contributed by atoms with Crippen molar-refractivity contribution >= 4 is 11.6 Å². The van der Waals surface area contributed by atoms with E-state index in [9.17, 15) is 4.79 Å². The van der Waals surface area contributed by atoms with Crippen molar-refractivity contribution in [1.82, 2.24) is 5.32 Å². The van der Waals surface area contributed by atoms with Gasteiger partial charge in [0.25, 0.3) is 5.91 Å². The first-order chi connectivity index (χ1) is 9.08. The molecule has 0 spiro atoms. The summed E-state index contributed by atoms with van der Waals surface area (Å²) in [6.07, 6.45) is 2.43. The van der Waals surface area contributed by atoms with E-state index < -0.39 is 0 Å². The number of carbonyl (C=O) groups is 1. The average molecular weight is 262 g/mol. The van der Waals surface area contributed by atoms with Crippen molar-refractivity contribution in [2.45, 2.75) is 44.9 Å². The van der Waals surface area contributed by atoms with Gasteiger partial charge in [0.2, 0.25) is 0 Å². The van der Waals surface area contributed by atoms with Crippen LogP contribution >= 0.6 is 0 Å². The maximum atomic E-state index is 11.9. The Hall–Kier alpha value is -1.55. The minimum atomic E-state index is -0.0259. The number of carbonyl (C=O) groups excluding carboxylic acids is 1. The zero-order valence-electron chi connectivity index (χ0n) is 11.8. The van der Waals surface area contributed by atoms with Crippen molar-refractivity contribution in [3.8, 4) is 0 Å². The summed E-state index contributed by atoms with van der Waals surface area (Å²) >= 11 is 0. The summed E-state index contributed by atoms with van der Waals surface area (Å²) in [7, 11) is 1.75. The van der Waals surface area contributed by atoms with Crippen LogP contribution in [0.4, 0.5) is 5.69 Å². The molecule has 19 heavy (non-hydrogen) atoms. The molecule has 0 aromatic heterocycles. The van der Waals surface area contributed by atoms with Gasteiger partial charge in [-0.3, -0.25) is 4.79 Å². The Bertz CT molecular complexity index is 440. The third kappa shape index (κ3) is 3.70. The van der Waals surface area contributed by atoms with Crippen molar-refractivity contribution in [3.63, 3.8) is 0 Å². The molecule has 1 aromatic carbocycles. The zero-order chi connectivity index (χ0) is 13.8. The van der Waals surface area contributed by atoms with Gasteiger partial charge in [0, 0.05) is 30.4 Å². The Labute approximate surface area is 114 Å². The van der Waals surface area contributed by atoms with E-state index in [1.807, 2.05) is 38.1 Å². The number of nitrogens with one attached hydrogen (secondary N) is 2. The van der Waals surface area contributed by atoms with Crippen LogP contribution in [0.3, 0.4) is 0 Å². The van der Waals surface area contributed by atoms with Gasteiger partial charge in [-0.2, -0.15) is 0 Å². The van der Waals surface area contributed by atoms with Crippen LogP contribution in [-0.4, -0.2) is 31.2 Å². The highest BCUT2D eigenvalue weighted by atomic mass is 16.5. The summed E-state index contributed by atoms with van der Waals surface area (Å²) in [5, 5.41) is 6.33. The second kappa shape index (κ2) is 6.06. The lowest BCUT2D eigenvalue weighted by Crippen LogP contribution is -2.40. The standard InChI is InChI=1S/C15H22N2O2/c1-10(2)16-15(18)11-5-4-6-12(7-11)17-13-8-14(9-13)19-3/h4-7,10,13-14,17H,8-9H2,1-3H3,(H,16,18). The lowest BCUT2D eigenvalue weighted by Gasteiger charge is -2.35. The number of anilines is 1. The maximum Gasteiger partial charge on any atom is 0.251 e. The van der Waals surface area contributed by atoms with Gasteiger partial charge in [-0.05, 0) is 44.9 Å². The van der Waals surface area contributed by atoms with Gasteiger partial charge in [0.15, 0.2) is 0 Å². The van der Waals surface area contributed by atoms with Crippen molar-refractivity contribution < 1.29 is 9.53 Å². The van der Waals surface area contributed by atoms with Crippen LogP contribution in [0.5, 0.6) is 0 Å². The number of benzene rings is 1. The molecule has 0 unspecified atom stereocenters. The monoisotopic (exact) mass is 262 g/mol.